The predicted octanol–water partition coefficient (Wildman–Crippen LogP) is 6.06. The van der Waals surface area contributed by atoms with Crippen LogP contribution in [0.25, 0.3) is 0 Å². The van der Waals surface area contributed by atoms with E-state index in [4.69, 9.17) is 0 Å². The molecule has 0 atom stereocenters. The van der Waals surface area contributed by atoms with E-state index < -0.39 is 8.07 Å². The van der Waals surface area contributed by atoms with Crippen molar-refractivity contribution >= 4 is 36.1 Å². The van der Waals surface area contributed by atoms with Gasteiger partial charge in [0.2, 0.25) is 6.71 Å². The molecule has 4 heteroatoms. The van der Waals surface area contributed by atoms with E-state index in [2.05, 4.69) is 151 Å². The van der Waals surface area contributed by atoms with Crippen molar-refractivity contribution in [2.24, 2.45) is 0 Å². The molecule has 200 valence electrons. The van der Waals surface area contributed by atoms with Gasteiger partial charge in [0, 0.05) is 18.6 Å². The number of rotatable bonds is 11. The van der Waals surface area contributed by atoms with Crippen LogP contribution >= 0.6 is 0 Å². The van der Waals surface area contributed by atoms with Crippen LogP contribution in [0, 0.1) is 0 Å². The number of unbranched alkanes of at least 4 members (excludes halogenated alkanes) is 1. The highest BCUT2D eigenvalue weighted by Crippen LogP contribution is 2.16. The Bertz CT molecular complexity index is 1320. The van der Waals surface area contributed by atoms with E-state index in [9.17, 15) is 0 Å². The van der Waals surface area contributed by atoms with Crippen LogP contribution in [0.5, 0.6) is 0 Å². The molecule has 0 N–H and O–H groups in total. The largest absolute Gasteiger partial charge is 0.340 e. The average molecular weight is 539 g/mol. The van der Waals surface area contributed by atoms with Crippen LogP contribution in [0.15, 0.2) is 165 Å². The van der Waals surface area contributed by atoms with Gasteiger partial charge in [-0.05, 0) is 12.5 Å². The zero-order valence-electron chi connectivity index (χ0n) is 23.5. The van der Waals surface area contributed by atoms with E-state index in [0.717, 1.165) is 18.6 Å². The van der Waals surface area contributed by atoms with E-state index in [1.165, 1.54) is 27.7 Å². The number of hydrogen-bond donors (Lipinski definition) is 0. The van der Waals surface area contributed by atoms with Gasteiger partial charge in [0.25, 0.3) is 0 Å². The Morgan fingerprint density at radius 1 is 0.725 bits per heavy atom. The number of benzene rings is 4. The molecule has 0 fully saturated rings. The molecule has 0 radical (unpaired) electrons. The SMILES string of the molecule is C=CB(c1ccccc1)c1ccccc1.CCCC=CC[Si](Cn1ccnc1)(c1ccccc1)c1ccccc1. The second kappa shape index (κ2) is 15.4. The summed E-state index contributed by atoms with van der Waals surface area (Å²) in [5.41, 5.74) is 2.58. The Morgan fingerprint density at radius 3 is 1.65 bits per heavy atom. The zero-order chi connectivity index (χ0) is 27.9. The van der Waals surface area contributed by atoms with Crippen molar-refractivity contribution in [3.8, 4) is 0 Å². The van der Waals surface area contributed by atoms with Gasteiger partial charge in [0.1, 0.15) is 8.07 Å². The number of imidazole rings is 1. The number of allylic oxidation sites excluding steroid dienone is 2. The molecule has 1 aromatic heterocycles. The van der Waals surface area contributed by atoms with Crippen LogP contribution in [0.2, 0.25) is 6.04 Å². The third-order valence-corrected chi connectivity index (χ3v) is 12.0. The van der Waals surface area contributed by atoms with Crippen molar-refractivity contribution in [1.82, 2.24) is 9.55 Å². The summed E-state index contributed by atoms with van der Waals surface area (Å²) in [6, 6.07) is 44.1. The minimum Gasteiger partial charge on any atom is -0.340 e. The van der Waals surface area contributed by atoms with Crippen molar-refractivity contribution in [3.63, 3.8) is 0 Å². The highest BCUT2D eigenvalue weighted by atomic mass is 28.3. The average Bonchev–Trinajstić information content (AvgIpc) is 3.54. The molecule has 0 bridgehead atoms. The fourth-order valence-corrected chi connectivity index (χ4v) is 9.55. The van der Waals surface area contributed by atoms with Gasteiger partial charge < -0.3 is 4.57 Å². The second-order valence-corrected chi connectivity index (χ2v) is 14.1. The van der Waals surface area contributed by atoms with Crippen LogP contribution in [-0.2, 0) is 6.17 Å². The lowest BCUT2D eigenvalue weighted by Crippen LogP contribution is -2.61. The lowest BCUT2D eigenvalue weighted by atomic mass is 9.41. The summed E-state index contributed by atoms with van der Waals surface area (Å²) >= 11 is 0. The molecule has 0 saturated carbocycles. The highest BCUT2D eigenvalue weighted by Gasteiger charge is 2.36. The Labute approximate surface area is 241 Å². The van der Waals surface area contributed by atoms with Crippen LogP contribution in [0.3, 0.4) is 0 Å². The van der Waals surface area contributed by atoms with Crippen molar-refractivity contribution in [3.05, 3.63) is 165 Å². The molecule has 0 saturated heterocycles. The van der Waals surface area contributed by atoms with E-state index in [-0.39, 0.29) is 0 Å². The third-order valence-electron chi connectivity index (χ3n) is 7.31. The lowest BCUT2D eigenvalue weighted by Gasteiger charge is -2.32. The Kier molecular flexibility index (Phi) is 11.1. The second-order valence-electron chi connectivity index (χ2n) is 10.0. The standard InChI is InChI=1S/C22H26N2Si.C14H13B/c1-2-3-4-11-18-25(20-24-17-16-23-19-24,21-12-7-5-8-13-21)22-14-9-6-10-15-22;1-2-15(13-9-5-3-6-10-13)14-11-7-4-8-12-14/h4-17,19H,2-3,18,20H2,1H3;2-12H,1H2. The van der Waals surface area contributed by atoms with E-state index >= 15 is 0 Å². The quantitative estimate of drug-likeness (QED) is 0.148. The normalized spacial score (nSPS) is 11.0. The van der Waals surface area contributed by atoms with Crippen LogP contribution in [0.1, 0.15) is 19.8 Å². The van der Waals surface area contributed by atoms with Gasteiger partial charge in [-0.25, -0.2) is 4.98 Å². The molecule has 5 rings (SSSR count). The van der Waals surface area contributed by atoms with Crippen molar-refractivity contribution in [2.75, 3.05) is 0 Å². The molecule has 0 aliphatic heterocycles. The van der Waals surface area contributed by atoms with Gasteiger partial charge in [0.05, 0.1) is 6.33 Å². The number of nitrogens with zero attached hydrogens (tertiary/aromatic N) is 2. The van der Waals surface area contributed by atoms with Crippen LogP contribution < -0.4 is 21.3 Å². The molecule has 2 nitrogen and oxygen atoms in total. The molecule has 0 amide bonds. The zero-order valence-corrected chi connectivity index (χ0v) is 24.5. The summed E-state index contributed by atoms with van der Waals surface area (Å²) in [7, 11) is -1.97. The molecule has 4 aromatic carbocycles. The number of hydrogen-bond acceptors (Lipinski definition) is 1. The minimum atomic E-state index is -1.97. The van der Waals surface area contributed by atoms with Gasteiger partial charge in [-0.3, -0.25) is 0 Å². The van der Waals surface area contributed by atoms with E-state index in [1.54, 1.807) is 0 Å². The fraction of sp³-hybridized carbons (Fsp3) is 0.139. The van der Waals surface area contributed by atoms with E-state index in [1.807, 2.05) is 30.6 Å². The van der Waals surface area contributed by atoms with Crippen molar-refractivity contribution in [1.29, 1.82) is 0 Å². The first kappa shape index (κ1) is 28.8. The van der Waals surface area contributed by atoms with Gasteiger partial charge in [0.15, 0.2) is 0 Å². The first-order chi connectivity index (χ1) is 19.8. The van der Waals surface area contributed by atoms with Gasteiger partial charge in [-0.15, -0.1) is 12.6 Å². The first-order valence-corrected chi connectivity index (χ1v) is 16.6. The Morgan fingerprint density at radius 2 is 1.23 bits per heavy atom. The summed E-state index contributed by atoms with van der Waals surface area (Å²) in [6.45, 7) is 6.44. The monoisotopic (exact) mass is 538 g/mol. The van der Waals surface area contributed by atoms with E-state index in [0.29, 0.717) is 6.71 Å². The summed E-state index contributed by atoms with van der Waals surface area (Å²) in [5.74, 6) is 1.99. The molecular weight excluding hydrogens is 499 g/mol. The highest BCUT2D eigenvalue weighted by molar-refractivity contribution is 7.01. The molecule has 40 heavy (non-hydrogen) atoms. The summed E-state index contributed by atoms with van der Waals surface area (Å²) in [6.07, 6.45) is 14.0. The lowest BCUT2D eigenvalue weighted by molar-refractivity contribution is 0.854. The maximum atomic E-state index is 4.27. The Hall–Kier alpha value is -4.15. The summed E-state index contributed by atoms with van der Waals surface area (Å²) < 4.78 is 2.25. The van der Waals surface area contributed by atoms with Crippen LogP contribution in [-0.4, -0.2) is 24.3 Å². The minimum absolute atomic E-state index is 0.299. The fourth-order valence-electron chi connectivity index (χ4n) is 5.21. The van der Waals surface area contributed by atoms with Gasteiger partial charge >= 0.3 is 0 Å². The predicted molar refractivity (Wildman–Crippen MR) is 177 cm³/mol. The third kappa shape index (κ3) is 7.71. The molecular formula is C36H39BN2Si. The molecule has 5 aromatic rings. The maximum Gasteiger partial charge on any atom is 0.233 e. The van der Waals surface area contributed by atoms with Crippen LogP contribution in [0.4, 0.5) is 0 Å². The van der Waals surface area contributed by atoms with Crippen molar-refractivity contribution in [2.45, 2.75) is 32.0 Å². The molecule has 1 heterocycles. The molecule has 0 spiro atoms. The van der Waals surface area contributed by atoms with Gasteiger partial charge in [-0.1, -0.05) is 168 Å². The number of aromatic nitrogens is 2. The molecule has 0 aliphatic carbocycles. The topological polar surface area (TPSA) is 17.8 Å². The first-order valence-electron chi connectivity index (χ1n) is 14.2. The molecule has 0 aliphatic rings. The van der Waals surface area contributed by atoms with Gasteiger partial charge in [-0.2, -0.15) is 0 Å². The Balaban J connectivity index is 0.000000210. The van der Waals surface area contributed by atoms with Crippen molar-refractivity contribution < 1.29 is 0 Å². The summed E-state index contributed by atoms with van der Waals surface area (Å²) in [5, 5.41) is 2.96. The smallest absolute Gasteiger partial charge is 0.233 e. The summed E-state index contributed by atoms with van der Waals surface area (Å²) in [4.78, 5) is 4.27. The molecule has 0 unspecified atom stereocenters. The maximum absolute atomic E-state index is 4.27.